The van der Waals surface area contributed by atoms with E-state index >= 15 is 0 Å². The molecule has 1 aromatic carbocycles. The van der Waals surface area contributed by atoms with Gasteiger partial charge in [0, 0.05) is 6.54 Å². The zero-order valence-electron chi connectivity index (χ0n) is 9.32. The van der Waals surface area contributed by atoms with Crippen LogP contribution in [0.4, 0.5) is 11.4 Å². The Kier molecular flexibility index (Phi) is 3.39. The molecular formula is C11H16N2O3. The lowest BCUT2D eigenvalue weighted by atomic mass is 10.1. The predicted molar refractivity (Wildman–Crippen MR) is 62.6 cm³/mol. The van der Waals surface area contributed by atoms with Gasteiger partial charge >= 0.3 is 5.97 Å². The maximum absolute atomic E-state index is 10.7. The lowest BCUT2D eigenvalue weighted by Gasteiger charge is -2.19. The second kappa shape index (κ2) is 4.40. The van der Waals surface area contributed by atoms with E-state index in [1.165, 1.54) is 18.2 Å². The summed E-state index contributed by atoms with van der Waals surface area (Å²) in [5.74, 6) is -1.01. The number of aromatic carboxylic acids is 1. The quantitative estimate of drug-likeness (QED) is 0.575. The van der Waals surface area contributed by atoms with Crippen molar-refractivity contribution in [3.8, 4) is 0 Å². The van der Waals surface area contributed by atoms with E-state index in [0.717, 1.165) is 0 Å². The number of rotatable bonds is 4. The number of nitrogens with one attached hydrogen (secondary N) is 1. The van der Waals surface area contributed by atoms with Gasteiger partial charge < -0.3 is 21.3 Å². The highest BCUT2D eigenvalue weighted by Gasteiger charge is 2.13. The molecule has 0 heterocycles. The number of carbonyl (C=O) groups is 1. The first kappa shape index (κ1) is 12.3. The fourth-order valence-electron chi connectivity index (χ4n) is 1.15. The summed E-state index contributed by atoms with van der Waals surface area (Å²) in [4.78, 5) is 10.7. The lowest BCUT2D eigenvalue weighted by Crippen LogP contribution is -2.29. The summed E-state index contributed by atoms with van der Waals surface area (Å²) in [5, 5.41) is 21.2. The molecular weight excluding hydrogens is 208 g/mol. The molecule has 0 aliphatic heterocycles. The van der Waals surface area contributed by atoms with E-state index in [2.05, 4.69) is 5.32 Å². The largest absolute Gasteiger partial charge is 0.478 e. The molecule has 5 nitrogen and oxygen atoms in total. The van der Waals surface area contributed by atoms with Crippen LogP contribution in [-0.4, -0.2) is 28.3 Å². The van der Waals surface area contributed by atoms with Gasteiger partial charge in [-0.1, -0.05) is 0 Å². The molecule has 0 unspecified atom stereocenters. The van der Waals surface area contributed by atoms with Crippen LogP contribution in [-0.2, 0) is 0 Å². The summed E-state index contributed by atoms with van der Waals surface area (Å²) in [6.07, 6.45) is 0. The lowest BCUT2D eigenvalue weighted by molar-refractivity contribution is 0.0697. The van der Waals surface area contributed by atoms with E-state index < -0.39 is 11.6 Å². The van der Waals surface area contributed by atoms with Crippen LogP contribution in [0.1, 0.15) is 24.2 Å². The van der Waals surface area contributed by atoms with Crippen molar-refractivity contribution < 1.29 is 15.0 Å². The molecule has 1 rings (SSSR count). The van der Waals surface area contributed by atoms with Gasteiger partial charge in [0.2, 0.25) is 0 Å². The van der Waals surface area contributed by atoms with Gasteiger partial charge in [0.15, 0.2) is 0 Å². The first-order valence-electron chi connectivity index (χ1n) is 4.89. The molecule has 1 aromatic rings. The van der Waals surface area contributed by atoms with Crippen molar-refractivity contribution in [2.45, 2.75) is 19.4 Å². The number of hydrogen-bond acceptors (Lipinski definition) is 4. The summed E-state index contributed by atoms with van der Waals surface area (Å²) in [7, 11) is 0. The van der Waals surface area contributed by atoms with Crippen molar-refractivity contribution >= 4 is 17.3 Å². The molecule has 0 aliphatic carbocycles. The molecule has 0 saturated carbocycles. The third-order valence-electron chi connectivity index (χ3n) is 2.01. The molecule has 0 radical (unpaired) electrons. The van der Waals surface area contributed by atoms with Crippen LogP contribution in [0.2, 0.25) is 0 Å². The maximum Gasteiger partial charge on any atom is 0.335 e. The Morgan fingerprint density at radius 1 is 1.50 bits per heavy atom. The number of carboxylic acid groups (broad SMARTS) is 1. The van der Waals surface area contributed by atoms with E-state index in [1.807, 2.05) is 0 Å². The number of carboxylic acids is 1. The van der Waals surface area contributed by atoms with E-state index in [9.17, 15) is 9.90 Å². The predicted octanol–water partition coefficient (Wildman–Crippen LogP) is 1.15. The van der Waals surface area contributed by atoms with Crippen molar-refractivity contribution in [3.63, 3.8) is 0 Å². The van der Waals surface area contributed by atoms with Gasteiger partial charge in [-0.05, 0) is 32.0 Å². The summed E-state index contributed by atoms with van der Waals surface area (Å²) in [6, 6.07) is 4.41. The van der Waals surface area contributed by atoms with Gasteiger partial charge in [-0.15, -0.1) is 0 Å². The van der Waals surface area contributed by atoms with Crippen LogP contribution in [0.25, 0.3) is 0 Å². The van der Waals surface area contributed by atoms with E-state index in [1.54, 1.807) is 13.8 Å². The third-order valence-corrected chi connectivity index (χ3v) is 2.01. The van der Waals surface area contributed by atoms with Crippen molar-refractivity contribution in [2.24, 2.45) is 0 Å². The molecule has 0 atom stereocenters. The van der Waals surface area contributed by atoms with E-state index in [4.69, 9.17) is 10.8 Å². The van der Waals surface area contributed by atoms with Crippen LogP contribution in [0.3, 0.4) is 0 Å². The maximum atomic E-state index is 10.7. The highest BCUT2D eigenvalue weighted by atomic mass is 16.4. The first-order valence-corrected chi connectivity index (χ1v) is 4.89. The molecule has 0 bridgehead atoms. The Labute approximate surface area is 93.9 Å². The minimum atomic E-state index is -1.01. The zero-order valence-corrected chi connectivity index (χ0v) is 9.32. The number of benzene rings is 1. The number of anilines is 2. The van der Waals surface area contributed by atoms with Gasteiger partial charge in [0.25, 0.3) is 0 Å². The second-order valence-electron chi connectivity index (χ2n) is 4.27. The highest BCUT2D eigenvalue weighted by Crippen LogP contribution is 2.20. The first-order chi connectivity index (χ1) is 7.29. The van der Waals surface area contributed by atoms with Crippen LogP contribution >= 0.6 is 0 Å². The molecule has 0 fully saturated rings. The smallest absolute Gasteiger partial charge is 0.335 e. The topological polar surface area (TPSA) is 95.6 Å². The van der Waals surface area contributed by atoms with Crippen LogP contribution in [0, 0.1) is 0 Å². The monoisotopic (exact) mass is 224 g/mol. The Morgan fingerprint density at radius 3 is 2.62 bits per heavy atom. The molecule has 0 aromatic heterocycles. The van der Waals surface area contributed by atoms with Gasteiger partial charge in [-0.25, -0.2) is 4.79 Å². The molecule has 0 spiro atoms. The molecule has 88 valence electrons. The fraction of sp³-hybridized carbons (Fsp3) is 0.364. The van der Waals surface area contributed by atoms with Crippen LogP contribution in [0.5, 0.6) is 0 Å². The second-order valence-corrected chi connectivity index (χ2v) is 4.27. The van der Waals surface area contributed by atoms with Crippen molar-refractivity contribution in [1.29, 1.82) is 0 Å². The summed E-state index contributed by atoms with van der Waals surface area (Å²) in [5.41, 5.74) is 5.93. The average molecular weight is 224 g/mol. The Morgan fingerprint density at radius 2 is 2.12 bits per heavy atom. The molecule has 5 N–H and O–H groups in total. The summed E-state index contributed by atoms with van der Waals surface area (Å²) < 4.78 is 0. The van der Waals surface area contributed by atoms with Gasteiger partial charge in [0.05, 0.1) is 22.5 Å². The number of hydrogen-bond donors (Lipinski definition) is 4. The van der Waals surface area contributed by atoms with E-state index in [0.29, 0.717) is 17.9 Å². The zero-order chi connectivity index (χ0) is 12.3. The van der Waals surface area contributed by atoms with Crippen LogP contribution in [0.15, 0.2) is 18.2 Å². The Hall–Kier alpha value is -1.75. The van der Waals surface area contributed by atoms with Crippen LogP contribution < -0.4 is 11.1 Å². The number of nitrogens with two attached hydrogens (primary N) is 1. The summed E-state index contributed by atoms with van der Waals surface area (Å²) in [6.45, 7) is 3.59. The standard InChI is InChI=1S/C11H16N2O3/c1-11(2,16)6-13-9-5-7(10(14)15)3-4-8(9)12/h3-5,13,16H,6,12H2,1-2H3,(H,14,15). The molecule has 0 amide bonds. The molecule has 16 heavy (non-hydrogen) atoms. The fourth-order valence-corrected chi connectivity index (χ4v) is 1.15. The minimum absolute atomic E-state index is 0.160. The molecule has 0 saturated heterocycles. The minimum Gasteiger partial charge on any atom is -0.478 e. The number of nitrogen functional groups attached to an aromatic ring is 1. The number of aliphatic hydroxyl groups is 1. The SMILES string of the molecule is CC(C)(O)CNc1cc(C(=O)O)ccc1N. The van der Waals surface area contributed by atoms with Crippen molar-refractivity contribution in [2.75, 3.05) is 17.6 Å². The molecule has 0 aliphatic rings. The van der Waals surface area contributed by atoms with Crippen molar-refractivity contribution in [1.82, 2.24) is 0 Å². The van der Waals surface area contributed by atoms with Crippen molar-refractivity contribution in [3.05, 3.63) is 23.8 Å². The normalized spacial score (nSPS) is 11.2. The average Bonchev–Trinajstić information content (AvgIpc) is 2.14. The molecule has 5 heteroatoms. The Balaban J connectivity index is 2.86. The van der Waals surface area contributed by atoms with Gasteiger partial charge in [0.1, 0.15) is 0 Å². The Bertz CT molecular complexity index is 397. The summed E-state index contributed by atoms with van der Waals surface area (Å²) >= 11 is 0. The van der Waals surface area contributed by atoms with Gasteiger partial charge in [-0.2, -0.15) is 0 Å². The highest BCUT2D eigenvalue weighted by molar-refractivity contribution is 5.90. The van der Waals surface area contributed by atoms with Gasteiger partial charge in [-0.3, -0.25) is 0 Å². The van der Waals surface area contributed by atoms with E-state index in [-0.39, 0.29) is 5.56 Å². The third kappa shape index (κ3) is 3.43.